The van der Waals surface area contributed by atoms with Crippen LogP contribution in [0.1, 0.15) is 16.7 Å². The molecule has 17 heavy (non-hydrogen) atoms. The van der Waals surface area contributed by atoms with Gasteiger partial charge in [-0.15, -0.1) is 0 Å². The second-order valence-electron chi connectivity index (χ2n) is 4.05. The Hall–Kier alpha value is -1.48. The standard InChI is InChI=1S/C14H15NOS/c1-10-5-6-11(2)12(8-10)9-17-14-13(16)4-3-7-15-14/h3-8,16H,9H2,1-2H3. The Morgan fingerprint density at radius 2 is 2.06 bits per heavy atom. The topological polar surface area (TPSA) is 33.1 Å². The molecular weight excluding hydrogens is 230 g/mol. The Bertz CT molecular complexity index is 525. The summed E-state index contributed by atoms with van der Waals surface area (Å²) in [6.45, 7) is 4.19. The highest BCUT2D eigenvalue weighted by molar-refractivity contribution is 7.98. The van der Waals surface area contributed by atoms with Crippen LogP contribution in [0.4, 0.5) is 0 Å². The quantitative estimate of drug-likeness (QED) is 0.837. The average molecular weight is 245 g/mol. The van der Waals surface area contributed by atoms with Gasteiger partial charge in [0.1, 0.15) is 10.8 Å². The fourth-order valence-electron chi connectivity index (χ4n) is 1.60. The molecule has 1 aromatic heterocycles. The third kappa shape index (κ3) is 3.01. The van der Waals surface area contributed by atoms with Crippen molar-refractivity contribution < 1.29 is 5.11 Å². The lowest BCUT2D eigenvalue weighted by Gasteiger charge is -2.07. The van der Waals surface area contributed by atoms with Crippen molar-refractivity contribution in [2.45, 2.75) is 24.6 Å². The summed E-state index contributed by atoms with van der Waals surface area (Å²) in [5, 5.41) is 10.3. The number of aromatic nitrogens is 1. The summed E-state index contributed by atoms with van der Waals surface area (Å²) in [6.07, 6.45) is 1.70. The van der Waals surface area contributed by atoms with Gasteiger partial charge in [0.05, 0.1) is 0 Å². The number of thioether (sulfide) groups is 1. The summed E-state index contributed by atoms with van der Waals surface area (Å²) >= 11 is 1.56. The zero-order valence-electron chi connectivity index (χ0n) is 9.97. The van der Waals surface area contributed by atoms with E-state index in [9.17, 15) is 5.11 Å². The molecule has 0 saturated carbocycles. The lowest BCUT2D eigenvalue weighted by atomic mass is 10.1. The number of hydrogen-bond acceptors (Lipinski definition) is 3. The molecule has 0 spiro atoms. The van der Waals surface area contributed by atoms with Gasteiger partial charge in [-0.05, 0) is 37.1 Å². The fourth-order valence-corrected chi connectivity index (χ4v) is 2.55. The van der Waals surface area contributed by atoms with Gasteiger partial charge in [-0.3, -0.25) is 0 Å². The van der Waals surface area contributed by atoms with Crippen molar-refractivity contribution in [1.82, 2.24) is 4.98 Å². The average Bonchev–Trinajstić information content (AvgIpc) is 2.32. The molecule has 0 amide bonds. The van der Waals surface area contributed by atoms with Crippen molar-refractivity contribution in [1.29, 1.82) is 0 Å². The summed E-state index contributed by atoms with van der Waals surface area (Å²) < 4.78 is 0. The molecule has 1 aromatic carbocycles. The van der Waals surface area contributed by atoms with Gasteiger partial charge in [-0.25, -0.2) is 4.98 Å². The molecule has 0 bridgehead atoms. The summed E-state index contributed by atoms with van der Waals surface area (Å²) in [6, 6.07) is 9.82. The van der Waals surface area contributed by atoms with E-state index in [1.54, 1.807) is 30.1 Å². The molecule has 2 nitrogen and oxygen atoms in total. The minimum Gasteiger partial charge on any atom is -0.505 e. The van der Waals surface area contributed by atoms with Crippen LogP contribution in [0.3, 0.4) is 0 Å². The molecule has 0 fully saturated rings. The summed E-state index contributed by atoms with van der Waals surface area (Å²) in [4.78, 5) is 4.16. The van der Waals surface area contributed by atoms with Crippen molar-refractivity contribution >= 4 is 11.8 Å². The summed E-state index contributed by atoms with van der Waals surface area (Å²) in [5.74, 6) is 1.08. The van der Waals surface area contributed by atoms with Crippen LogP contribution in [-0.4, -0.2) is 10.1 Å². The lowest BCUT2D eigenvalue weighted by Crippen LogP contribution is -1.89. The molecule has 2 rings (SSSR count). The highest BCUT2D eigenvalue weighted by Crippen LogP contribution is 2.29. The van der Waals surface area contributed by atoms with Crippen molar-refractivity contribution in [3.8, 4) is 5.75 Å². The number of benzene rings is 1. The van der Waals surface area contributed by atoms with Crippen LogP contribution in [-0.2, 0) is 5.75 Å². The maximum Gasteiger partial charge on any atom is 0.147 e. The number of aromatic hydroxyl groups is 1. The van der Waals surface area contributed by atoms with E-state index in [1.807, 2.05) is 0 Å². The molecule has 2 aromatic rings. The van der Waals surface area contributed by atoms with Gasteiger partial charge in [0, 0.05) is 11.9 Å². The minimum atomic E-state index is 0.253. The van der Waals surface area contributed by atoms with Crippen LogP contribution in [0.15, 0.2) is 41.6 Å². The first-order chi connectivity index (χ1) is 8.16. The molecular formula is C14H15NOS. The van der Waals surface area contributed by atoms with Crippen LogP contribution >= 0.6 is 11.8 Å². The lowest BCUT2D eigenvalue weighted by molar-refractivity contribution is 0.457. The van der Waals surface area contributed by atoms with E-state index in [-0.39, 0.29) is 5.75 Å². The van der Waals surface area contributed by atoms with Crippen LogP contribution in [0.2, 0.25) is 0 Å². The first kappa shape index (κ1) is 12.0. The molecule has 0 saturated heterocycles. The number of rotatable bonds is 3. The predicted octanol–water partition coefficient (Wildman–Crippen LogP) is 3.70. The highest BCUT2D eigenvalue weighted by atomic mass is 32.2. The molecule has 0 aliphatic carbocycles. The number of pyridine rings is 1. The second kappa shape index (κ2) is 5.23. The predicted molar refractivity (Wildman–Crippen MR) is 71.4 cm³/mol. The Morgan fingerprint density at radius 1 is 1.24 bits per heavy atom. The SMILES string of the molecule is Cc1ccc(C)c(CSc2ncccc2O)c1. The Labute approximate surface area is 106 Å². The third-order valence-corrected chi connectivity index (χ3v) is 3.66. The van der Waals surface area contributed by atoms with Crippen molar-refractivity contribution in [3.63, 3.8) is 0 Å². The Balaban J connectivity index is 2.12. The van der Waals surface area contributed by atoms with E-state index in [2.05, 4.69) is 37.0 Å². The largest absolute Gasteiger partial charge is 0.505 e. The maximum absolute atomic E-state index is 9.63. The van der Waals surface area contributed by atoms with Crippen LogP contribution in [0.25, 0.3) is 0 Å². The first-order valence-electron chi connectivity index (χ1n) is 5.50. The molecule has 3 heteroatoms. The van der Waals surface area contributed by atoms with E-state index in [4.69, 9.17) is 0 Å². The van der Waals surface area contributed by atoms with E-state index in [1.165, 1.54) is 16.7 Å². The molecule has 1 N–H and O–H groups in total. The van der Waals surface area contributed by atoms with Gasteiger partial charge in [-0.2, -0.15) is 0 Å². The molecule has 0 aliphatic rings. The van der Waals surface area contributed by atoms with Gasteiger partial charge in [0.25, 0.3) is 0 Å². The van der Waals surface area contributed by atoms with Crippen molar-refractivity contribution in [3.05, 3.63) is 53.2 Å². The molecule has 0 radical (unpaired) electrons. The van der Waals surface area contributed by atoms with E-state index >= 15 is 0 Å². The highest BCUT2D eigenvalue weighted by Gasteiger charge is 2.04. The first-order valence-corrected chi connectivity index (χ1v) is 6.48. The van der Waals surface area contributed by atoms with Gasteiger partial charge in [-0.1, -0.05) is 35.5 Å². The molecule has 0 atom stereocenters. The number of hydrogen-bond donors (Lipinski definition) is 1. The van der Waals surface area contributed by atoms with Crippen molar-refractivity contribution in [2.24, 2.45) is 0 Å². The summed E-state index contributed by atoms with van der Waals surface area (Å²) in [7, 11) is 0. The van der Waals surface area contributed by atoms with Gasteiger partial charge < -0.3 is 5.11 Å². The summed E-state index contributed by atoms with van der Waals surface area (Å²) in [5.41, 5.74) is 3.83. The number of aryl methyl sites for hydroxylation is 2. The second-order valence-corrected chi connectivity index (χ2v) is 5.01. The van der Waals surface area contributed by atoms with E-state index in [0.717, 1.165) is 5.75 Å². The monoisotopic (exact) mass is 245 g/mol. The van der Waals surface area contributed by atoms with E-state index in [0.29, 0.717) is 5.03 Å². The fraction of sp³-hybridized carbons (Fsp3) is 0.214. The van der Waals surface area contributed by atoms with Crippen LogP contribution < -0.4 is 0 Å². The normalized spacial score (nSPS) is 10.5. The zero-order valence-corrected chi connectivity index (χ0v) is 10.8. The Morgan fingerprint density at radius 3 is 2.82 bits per heavy atom. The third-order valence-electron chi connectivity index (χ3n) is 2.62. The number of nitrogens with zero attached hydrogens (tertiary/aromatic N) is 1. The molecule has 0 aliphatic heterocycles. The molecule has 1 heterocycles. The zero-order chi connectivity index (χ0) is 12.3. The van der Waals surface area contributed by atoms with Crippen LogP contribution in [0.5, 0.6) is 5.75 Å². The van der Waals surface area contributed by atoms with Crippen molar-refractivity contribution in [2.75, 3.05) is 0 Å². The van der Waals surface area contributed by atoms with E-state index < -0.39 is 0 Å². The van der Waals surface area contributed by atoms with Crippen LogP contribution in [0, 0.1) is 13.8 Å². The molecule has 0 unspecified atom stereocenters. The smallest absolute Gasteiger partial charge is 0.147 e. The van der Waals surface area contributed by atoms with Gasteiger partial charge >= 0.3 is 0 Å². The minimum absolute atomic E-state index is 0.253. The Kier molecular flexibility index (Phi) is 3.69. The maximum atomic E-state index is 9.63. The van der Waals surface area contributed by atoms with Gasteiger partial charge in [0.2, 0.25) is 0 Å². The van der Waals surface area contributed by atoms with Gasteiger partial charge in [0.15, 0.2) is 0 Å². The molecule has 88 valence electrons.